The predicted octanol–water partition coefficient (Wildman–Crippen LogP) is 0.815. The molecule has 0 bridgehead atoms. The number of amides is 2. The van der Waals surface area contributed by atoms with Crippen molar-refractivity contribution < 1.29 is 9.59 Å². The molecule has 0 aliphatic carbocycles. The number of nitrogens with two attached hydrogens (primary N) is 1. The van der Waals surface area contributed by atoms with Crippen LogP contribution in [-0.2, 0) is 22.6 Å². The van der Waals surface area contributed by atoms with Gasteiger partial charge in [-0.25, -0.2) is 0 Å². The van der Waals surface area contributed by atoms with E-state index >= 15 is 0 Å². The predicted molar refractivity (Wildman–Crippen MR) is 81.5 cm³/mol. The van der Waals surface area contributed by atoms with Gasteiger partial charge in [-0.2, -0.15) is 0 Å². The topological polar surface area (TPSA) is 75.4 Å². The minimum Gasteiger partial charge on any atom is -0.344 e. The molecule has 1 aliphatic rings. The molecule has 114 valence electrons. The van der Waals surface area contributed by atoms with Crippen molar-refractivity contribution in [3.8, 4) is 0 Å². The summed E-state index contributed by atoms with van der Waals surface area (Å²) in [6, 6.07) is 7.14. The van der Waals surface area contributed by atoms with Crippen LogP contribution in [0.5, 0.6) is 0 Å². The SMILES string of the molecule is CC(NC(=O)Cc1ccccc1CN)C(=O)N1CCCC1. The van der Waals surface area contributed by atoms with Gasteiger partial charge in [0.15, 0.2) is 0 Å². The summed E-state index contributed by atoms with van der Waals surface area (Å²) in [5, 5.41) is 2.79. The molecule has 1 aromatic rings. The highest BCUT2D eigenvalue weighted by atomic mass is 16.2. The Morgan fingerprint density at radius 1 is 1.24 bits per heavy atom. The second-order valence-electron chi connectivity index (χ2n) is 5.47. The van der Waals surface area contributed by atoms with E-state index in [1.165, 1.54) is 0 Å². The van der Waals surface area contributed by atoms with Crippen LogP contribution in [0, 0.1) is 0 Å². The van der Waals surface area contributed by atoms with E-state index in [0.717, 1.165) is 37.1 Å². The Kier molecular flexibility index (Phi) is 5.33. The van der Waals surface area contributed by atoms with Crippen LogP contribution in [0.2, 0.25) is 0 Å². The first kappa shape index (κ1) is 15.5. The maximum Gasteiger partial charge on any atom is 0.244 e. The molecule has 1 heterocycles. The first-order chi connectivity index (χ1) is 10.1. The van der Waals surface area contributed by atoms with Crippen LogP contribution in [0.25, 0.3) is 0 Å². The zero-order valence-corrected chi connectivity index (χ0v) is 12.5. The molecule has 2 rings (SSSR count). The van der Waals surface area contributed by atoms with Crippen LogP contribution in [-0.4, -0.2) is 35.8 Å². The Balaban J connectivity index is 1.90. The number of likely N-dealkylation sites (tertiary alicyclic amines) is 1. The summed E-state index contributed by atoms with van der Waals surface area (Å²) in [4.78, 5) is 26.1. The highest BCUT2D eigenvalue weighted by Gasteiger charge is 2.24. The molecule has 0 radical (unpaired) electrons. The van der Waals surface area contributed by atoms with Crippen molar-refractivity contribution in [3.05, 3.63) is 35.4 Å². The summed E-state index contributed by atoms with van der Waals surface area (Å²) in [5.41, 5.74) is 7.55. The van der Waals surface area contributed by atoms with Gasteiger partial charge in [-0.05, 0) is 30.9 Å². The van der Waals surface area contributed by atoms with Gasteiger partial charge in [0, 0.05) is 19.6 Å². The smallest absolute Gasteiger partial charge is 0.244 e. The van der Waals surface area contributed by atoms with Crippen LogP contribution >= 0.6 is 0 Å². The Bertz CT molecular complexity index is 510. The molecule has 1 fully saturated rings. The molecule has 2 amide bonds. The highest BCUT2D eigenvalue weighted by Crippen LogP contribution is 2.10. The quantitative estimate of drug-likeness (QED) is 0.842. The number of hydrogen-bond acceptors (Lipinski definition) is 3. The van der Waals surface area contributed by atoms with E-state index < -0.39 is 6.04 Å². The Labute approximate surface area is 125 Å². The zero-order chi connectivity index (χ0) is 15.2. The van der Waals surface area contributed by atoms with Crippen molar-refractivity contribution in [3.63, 3.8) is 0 Å². The van der Waals surface area contributed by atoms with E-state index in [4.69, 9.17) is 5.73 Å². The molecule has 1 aliphatic heterocycles. The standard InChI is InChI=1S/C16H23N3O2/c1-12(16(21)19-8-4-5-9-19)18-15(20)10-13-6-2-3-7-14(13)11-17/h2-3,6-7,12H,4-5,8-11,17H2,1H3,(H,18,20). The van der Waals surface area contributed by atoms with Crippen molar-refractivity contribution >= 4 is 11.8 Å². The second-order valence-corrected chi connectivity index (χ2v) is 5.47. The second kappa shape index (κ2) is 7.22. The summed E-state index contributed by atoms with van der Waals surface area (Å²) in [7, 11) is 0. The minimum atomic E-state index is -0.472. The molecule has 3 N–H and O–H groups in total. The molecular weight excluding hydrogens is 266 g/mol. The minimum absolute atomic E-state index is 0.00737. The number of nitrogens with one attached hydrogen (secondary N) is 1. The number of benzene rings is 1. The van der Waals surface area contributed by atoms with Crippen LogP contribution < -0.4 is 11.1 Å². The third-order valence-corrected chi connectivity index (χ3v) is 3.85. The summed E-state index contributed by atoms with van der Waals surface area (Å²) in [6.45, 7) is 3.75. The van der Waals surface area contributed by atoms with Crippen molar-refractivity contribution in [1.29, 1.82) is 0 Å². The first-order valence-electron chi connectivity index (χ1n) is 7.47. The van der Waals surface area contributed by atoms with Gasteiger partial charge in [-0.15, -0.1) is 0 Å². The van der Waals surface area contributed by atoms with E-state index in [0.29, 0.717) is 6.54 Å². The maximum absolute atomic E-state index is 12.1. The zero-order valence-electron chi connectivity index (χ0n) is 12.5. The largest absolute Gasteiger partial charge is 0.344 e. The number of carbonyl (C=O) groups is 2. The summed E-state index contributed by atoms with van der Waals surface area (Å²) >= 11 is 0. The summed E-state index contributed by atoms with van der Waals surface area (Å²) in [6.07, 6.45) is 2.36. The van der Waals surface area contributed by atoms with Gasteiger partial charge in [0.05, 0.1) is 6.42 Å². The van der Waals surface area contributed by atoms with Crippen molar-refractivity contribution in [1.82, 2.24) is 10.2 Å². The summed E-state index contributed by atoms with van der Waals surface area (Å²) in [5.74, 6) is -0.135. The average molecular weight is 289 g/mol. The fourth-order valence-electron chi connectivity index (χ4n) is 2.67. The number of hydrogen-bond donors (Lipinski definition) is 2. The summed E-state index contributed by atoms with van der Waals surface area (Å²) < 4.78 is 0. The number of carbonyl (C=O) groups excluding carboxylic acids is 2. The molecule has 1 aromatic carbocycles. The third kappa shape index (κ3) is 4.04. The molecule has 5 nitrogen and oxygen atoms in total. The van der Waals surface area contributed by atoms with E-state index in [2.05, 4.69) is 5.32 Å². The van der Waals surface area contributed by atoms with E-state index in [9.17, 15) is 9.59 Å². The van der Waals surface area contributed by atoms with Gasteiger partial charge in [-0.3, -0.25) is 9.59 Å². The third-order valence-electron chi connectivity index (χ3n) is 3.85. The van der Waals surface area contributed by atoms with Crippen LogP contribution in [0.4, 0.5) is 0 Å². The van der Waals surface area contributed by atoms with Crippen LogP contribution in [0.3, 0.4) is 0 Å². The van der Waals surface area contributed by atoms with E-state index in [1.807, 2.05) is 29.2 Å². The van der Waals surface area contributed by atoms with Crippen LogP contribution in [0.15, 0.2) is 24.3 Å². The average Bonchev–Trinajstić information content (AvgIpc) is 3.01. The number of nitrogens with zero attached hydrogens (tertiary/aromatic N) is 1. The fraction of sp³-hybridized carbons (Fsp3) is 0.500. The van der Waals surface area contributed by atoms with Gasteiger partial charge in [-0.1, -0.05) is 24.3 Å². The van der Waals surface area contributed by atoms with Gasteiger partial charge in [0.25, 0.3) is 0 Å². The van der Waals surface area contributed by atoms with Crippen LogP contribution in [0.1, 0.15) is 30.9 Å². The lowest BCUT2D eigenvalue weighted by molar-refractivity contribution is -0.134. The molecule has 1 atom stereocenters. The molecule has 21 heavy (non-hydrogen) atoms. The number of rotatable bonds is 5. The Hall–Kier alpha value is -1.88. The molecular formula is C16H23N3O2. The van der Waals surface area contributed by atoms with E-state index in [1.54, 1.807) is 6.92 Å². The fourth-order valence-corrected chi connectivity index (χ4v) is 2.67. The lowest BCUT2D eigenvalue weighted by atomic mass is 10.0. The maximum atomic E-state index is 12.1. The normalized spacial score (nSPS) is 15.8. The van der Waals surface area contributed by atoms with Crippen molar-refractivity contribution in [2.75, 3.05) is 13.1 Å². The molecule has 1 saturated heterocycles. The first-order valence-corrected chi connectivity index (χ1v) is 7.47. The molecule has 0 saturated carbocycles. The Morgan fingerprint density at radius 3 is 2.48 bits per heavy atom. The van der Waals surface area contributed by atoms with Gasteiger partial charge in [0.1, 0.15) is 6.04 Å². The Morgan fingerprint density at radius 2 is 1.86 bits per heavy atom. The van der Waals surface area contributed by atoms with Gasteiger partial charge >= 0.3 is 0 Å². The lowest BCUT2D eigenvalue weighted by Gasteiger charge is -2.21. The van der Waals surface area contributed by atoms with Crippen molar-refractivity contribution in [2.24, 2.45) is 5.73 Å². The van der Waals surface area contributed by atoms with E-state index in [-0.39, 0.29) is 18.2 Å². The highest BCUT2D eigenvalue weighted by molar-refractivity contribution is 5.88. The molecule has 0 aromatic heterocycles. The molecule has 1 unspecified atom stereocenters. The molecule has 5 heteroatoms. The molecule has 0 spiro atoms. The monoisotopic (exact) mass is 289 g/mol. The van der Waals surface area contributed by atoms with Crippen molar-refractivity contribution in [2.45, 2.75) is 38.8 Å². The van der Waals surface area contributed by atoms with Gasteiger partial charge in [0.2, 0.25) is 11.8 Å². The van der Waals surface area contributed by atoms with Gasteiger partial charge < -0.3 is 16.0 Å². The lowest BCUT2D eigenvalue weighted by Crippen LogP contribution is -2.46.